The largest absolute Gasteiger partial charge is 0.293 e. The number of Topliss-reactive ketones (excluding diaryl/α,β-unsaturated/α-hetero) is 1. The molecule has 0 aliphatic carbocycles. The molecule has 0 atom stereocenters. The lowest BCUT2D eigenvalue weighted by molar-refractivity contribution is 0.102. The van der Waals surface area contributed by atoms with E-state index in [0.29, 0.717) is 10.9 Å². The standard InChI is InChI=1S/C11H9BrN2O/c12-8-11(15)9-3-1-4-10(7-9)14-6-2-5-13-14/h1-7H,8H2. The molecular weight excluding hydrogens is 256 g/mol. The number of halogens is 1. The summed E-state index contributed by atoms with van der Waals surface area (Å²) >= 11 is 3.15. The Bertz CT molecular complexity index is 465. The summed E-state index contributed by atoms with van der Waals surface area (Å²) in [6, 6.07) is 9.25. The van der Waals surface area contributed by atoms with Crippen LogP contribution in [0.4, 0.5) is 0 Å². The van der Waals surface area contributed by atoms with Crippen LogP contribution in [-0.2, 0) is 0 Å². The molecule has 76 valence electrons. The summed E-state index contributed by atoms with van der Waals surface area (Å²) in [5.74, 6) is 0.0732. The van der Waals surface area contributed by atoms with Crippen LogP contribution in [-0.4, -0.2) is 20.9 Å². The maximum Gasteiger partial charge on any atom is 0.173 e. The van der Waals surface area contributed by atoms with Gasteiger partial charge in [-0.3, -0.25) is 4.79 Å². The third kappa shape index (κ3) is 2.15. The Hall–Kier alpha value is -1.42. The van der Waals surface area contributed by atoms with Gasteiger partial charge in [0.2, 0.25) is 0 Å². The van der Waals surface area contributed by atoms with Crippen LogP contribution in [0.1, 0.15) is 10.4 Å². The van der Waals surface area contributed by atoms with Crippen molar-refractivity contribution < 1.29 is 4.79 Å². The van der Waals surface area contributed by atoms with E-state index in [9.17, 15) is 4.79 Å². The molecule has 0 aliphatic rings. The van der Waals surface area contributed by atoms with Gasteiger partial charge in [-0.15, -0.1) is 0 Å². The van der Waals surface area contributed by atoms with Gasteiger partial charge in [0.15, 0.2) is 5.78 Å². The second-order valence-corrected chi connectivity index (χ2v) is 3.62. The Morgan fingerprint density at radius 3 is 2.93 bits per heavy atom. The number of carbonyl (C=O) groups is 1. The number of carbonyl (C=O) groups excluding carboxylic acids is 1. The van der Waals surface area contributed by atoms with E-state index in [-0.39, 0.29) is 5.78 Å². The van der Waals surface area contributed by atoms with Gasteiger partial charge in [0.05, 0.1) is 11.0 Å². The first-order chi connectivity index (χ1) is 7.31. The van der Waals surface area contributed by atoms with Crippen molar-refractivity contribution in [3.63, 3.8) is 0 Å². The monoisotopic (exact) mass is 264 g/mol. The minimum absolute atomic E-state index is 0.0732. The van der Waals surface area contributed by atoms with Crippen molar-refractivity contribution >= 4 is 21.7 Å². The quantitative estimate of drug-likeness (QED) is 0.631. The van der Waals surface area contributed by atoms with Crippen molar-refractivity contribution in [2.24, 2.45) is 0 Å². The third-order valence-corrected chi connectivity index (χ3v) is 2.57. The van der Waals surface area contributed by atoms with Crippen LogP contribution in [0, 0.1) is 0 Å². The molecule has 0 spiro atoms. The van der Waals surface area contributed by atoms with Crippen molar-refractivity contribution in [3.05, 3.63) is 48.3 Å². The molecule has 1 aromatic heterocycles. The Kier molecular flexibility index (Phi) is 2.97. The highest BCUT2D eigenvalue weighted by atomic mass is 79.9. The normalized spacial score (nSPS) is 10.2. The smallest absolute Gasteiger partial charge is 0.173 e. The number of aromatic nitrogens is 2. The molecule has 2 aromatic rings. The van der Waals surface area contributed by atoms with E-state index in [1.807, 2.05) is 30.5 Å². The fourth-order valence-electron chi connectivity index (χ4n) is 1.32. The number of benzene rings is 1. The van der Waals surface area contributed by atoms with Crippen molar-refractivity contribution in [2.45, 2.75) is 0 Å². The van der Waals surface area contributed by atoms with Crippen LogP contribution in [0.15, 0.2) is 42.7 Å². The van der Waals surface area contributed by atoms with Gasteiger partial charge in [-0.1, -0.05) is 28.1 Å². The number of hydrogen-bond acceptors (Lipinski definition) is 2. The van der Waals surface area contributed by atoms with Crippen LogP contribution >= 0.6 is 15.9 Å². The van der Waals surface area contributed by atoms with Gasteiger partial charge in [0, 0.05) is 18.0 Å². The highest BCUT2D eigenvalue weighted by Gasteiger charge is 2.04. The predicted octanol–water partition coefficient (Wildman–Crippen LogP) is 2.45. The van der Waals surface area contributed by atoms with Crippen LogP contribution in [0.25, 0.3) is 5.69 Å². The number of nitrogens with zero attached hydrogens (tertiary/aromatic N) is 2. The summed E-state index contributed by atoms with van der Waals surface area (Å²) in [5, 5.41) is 4.45. The second-order valence-electron chi connectivity index (χ2n) is 3.06. The van der Waals surface area contributed by atoms with Gasteiger partial charge >= 0.3 is 0 Å². The summed E-state index contributed by atoms with van der Waals surface area (Å²) in [4.78, 5) is 11.5. The second kappa shape index (κ2) is 4.40. The van der Waals surface area contributed by atoms with Crippen molar-refractivity contribution in [2.75, 3.05) is 5.33 Å². The van der Waals surface area contributed by atoms with E-state index >= 15 is 0 Å². The molecule has 3 nitrogen and oxygen atoms in total. The van der Waals surface area contributed by atoms with Crippen LogP contribution in [0.2, 0.25) is 0 Å². The zero-order chi connectivity index (χ0) is 10.7. The lowest BCUT2D eigenvalue weighted by Gasteiger charge is -2.03. The lowest BCUT2D eigenvalue weighted by atomic mass is 10.1. The number of alkyl halides is 1. The average Bonchev–Trinajstić information content (AvgIpc) is 2.82. The third-order valence-electron chi connectivity index (χ3n) is 2.06. The highest BCUT2D eigenvalue weighted by Crippen LogP contribution is 2.10. The molecule has 0 saturated carbocycles. The summed E-state index contributed by atoms with van der Waals surface area (Å²) in [5.41, 5.74) is 1.59. The van der Waals surface area contributed by atoms with E-state index in [1.54, 1.807) is 16.9 Å². The van der Waals surface area contributed by atoms with Crippen molar-refractivity contribution in [1.82, 2.24) is 9.78 Å². The molecule has 0 bridgehead atoms. The Labute approximate surface area is 95.9 Å². The Morgan fingerprint density at radius 1 is 1.40 bits per heavy atom. The van der Waals surface area contributed by atoms with E-state index in [0.717, 1.165) is 5.69 Å². The lowest BCUT2D eigenvalue weighted by Crippen LogP contribution is -2.02. The van der Waals surface area contributed by atoms with Gasteiger partial charge in [-0.2, -0.15) is 5.10 Å². The summed E-state index contributed by atoms with van der Waals surface area (Å²) in [6.07, 6.45) is 3.55. The van der Waals surface area contributed by atoms with Gasteiger partial charge in [0.1, 0.15) is 0 Å². The average molecular weight is 265 g/mol. The zero-order valence-corrected chi connectivity index (χ0v) is 9.52. The predicted molar refractivity (Wildman–Crippen MR) is 61.7 cm³/mol. The number of rotatable bonds is 3. The zero-order valence-electron chi connectivity index (χ0n) is 7.93. The fraction of sp³-hybridized carbons (Fsp3) is 0.0909. The Balaban J connectivity index is 2.39. The van der Waals surface area contributed by atoms with Crippen molar-refractivity contribution in [1.29, 1.82) is 0 Å². The number of ketones is 1. The van der Waals surface area contributed by atoms with E-state index < -0.39 is 0 Å². The van der Waals surface area contributed by atoms with Gasteiger partial charge in [-0.05, 0) is 18.2 Å². The maximum absolute atomic E-state index is 11.5. The topological polar surface area (TPSA) is 34.9 Å². The molecule has 0 N–H and O–H groups in total. The molecule has 0 fully saturated rings. The summed E-state index contributed by atoms with van der Waals surface area (Å²) in [6.45, 7) is 0. The molecule has 0 amide bonds. The van der Waals surface area contributed by atoms with Crippen LogP contribution < -0.4 is 0 Å². The molecule has 15 heavy (non-hydrogen) atoms. The molecule has 0 aliphatic heterocycles. The van der Waals surface area contributed by atoms with E-state index in [4.69, 9.17) is 0 Å². The van der Waals surface area contributed by atoms with Crippen LogP contribution in [0.5, 0.6) is 0 Å². The molecule has 0 unspecified atom stereocenters. The van der Waals surface area contributed by atoms with E-state index in [1.165, 1.54) is 0 Å². The molecule has 0 saturated heterocycles. The molecular formula is C11H9BrN2O. The fourth-order valence-corrected chi connectivity index (χ4v) is 1.64. The first-order valence-corrected chi connectivity index (χ1v) is 5.62. The minimum atomic E-state index is 0.0732. The first-order valence-electron chi connectivity index (χ1n) is 4.50. The Morgan fingerprint density at radius 2 is 2.27 bits per heavy atom. The van der Waals surface area contributed by atoms with Gasteiger partial charge < -0.3 is 0 Å². The minimum Gasteiger partial charge on any atom is -0.293 e. The first kappa shape index (κ1) is 10.1. The van der Waals surface area contributed by atoms with Gasteiger partial charge in [0.25, 0.3) is 0 Å². The van der Waals surface area contributed by atoms with E-state index in [2.05, 4.69) is 21.0 Å². The summed E-state index contributed by atoms with van der Waals surface area (Å²) < 4.78 is 1.73. The van der Waals surface area contributed by atoms with Crippen molar-refractivity contribution in [3.8, 4) is 5.69 Å². The molecule has 1 heterocycles. The maximum atomic E-state index is 11.5. The van der Waals surface area contributed by atoms with Crippen LogP contribution in [0.3, 0.4) is 0 Å². The molecule has 4 heteroatoms. The SMILES string of the molecule is O=C(CBr)c1cccc(-n2cccn2)c1. The molecule has 0 radical (unpaired) electrons. The van der Waals surface area contributed by atoms with Gasteiger partial charge in [-0.25, -0.2) is 4.68 Å². The molecule has 2 rings (SSSR count). The number of hydrogen-bond donors (Lipinski definition) is 0. The molecule has 1 aromatic carbocycles. The summed E-state index contributed by atoms with van der Waals surface area (Å²) in [7, 11) is 0. The highest BCUT2D eigenvalue weighted by molar-refractivity contribution is 9.09.